The monoisotopic (exact) mass is 335 g/mol. The lowest BCUT2D eigenvalue weighted by Gasteiger charge is -2.12. The Morgan fingerprint density at radius 1 is 1.35 bits per heavy atom. The van der Waals surface area contributed by atoms with Crippen LogP contribution in [-0.4, -0.2) is 23.3 Å². The van der Waals surface area contributed by atoms with Crippen LogP contribution in [0.4, 0.5) is 5.00 Å². The summed E-state index contributed by atoms with van der Waals surface area (Å²) in [6.07, 6.45) is 3.89. The molecular formula is C13H15Cl2NO3S. The van der Waals surface area contributed by atoms with Gasteiger partial charge < -0.3 is 10.1 Å². The van der Waals surface area contributed by atoms with Crippen molar-refractivity contribution in [3.63, 3.8) is 0 Å². The van der Waals surface area contributed by atoms with E-state index < -0.39 is 16.7 Å². The van der Waals surface area contributed by atoms with Crippen molar-refractivity contribution in [3.8, 4) is 0 Å². The van der Waals surface area contributed by atoms with Gasteiger partial charge in [-0.15, -0.1) is 11.3 Å². The Labute approximate surface area is 131 Å². The maximum atomic E-state index is 12.1. The molecule has 0 aliphatic heterocycles. The first-order chi connectivity index (χ1) is 9.54. The van der Waals surface area contributed by atoms with Crippen molar-refractivity contribution in [2.24, 2.45) is 0 Å². The second-order valence-electron chi connectivity index (χ2n) is 4.43. The maximum Gasteiger partial charge on any atom is 0.341 e. The Morgan fingerprint density at radius 3 is 2.70 bits per heavy atom. The second-order valence-corrected chi connectivity index (χ2v) is 6.63. The molecule has 1 aromatic heterocycles. The van der Waals surface area contributed by atoms with Crippen molar-refractivity contribution >= 4 is 51.4 Å². The molecule has 0 saturated heterocycles. The fourth-order valence-corrected chi connectivity index (χ4v) is 3.63. The van der Waals surface area contributed by atoms with Crippen LogP contribution in [0.3, 0.4) is 0 Å². The lowest BCUT2D eigenvalue weighted by molar-refractivity contribution is -0.114. The lowest BCUT2D eigenvalue weighted by atomic mass is 9.95. The van der Waals surface area contributed by atoms with Crippen molar-refractivity contribution in [2.75, 3.05) is 11.9 Å². The zero-order valence-electron chi connectivity index (χ0n) is 11.0. The van der Waals surface area contributed by atoms with Gasteiger partial charge in [0.1, 0.15) is 5.00 Å². The van der Waals surface area contributed by atoms with Gasteiger partial charge in [0.15, 0.2) is 4.84 Å². The van der Waals surface area contributed by atoms with E-state index in [9.17, 15) is 9.59 Å². The molecule has 1 aromatic rings. The van der Waals surface area contributed by atoms with E-state index in [2.05, 4.69) is 5.32 Å². The SMILES string of the molecule is CCOC(=O)c1c(NC(=O)C(Cl)Cl)sc2c1CCCC2. The molecule has 1 amide bonds. The first-order valence-electron chi connectivity index (χ1n) is 6.45. The van der Waals surface area contributed by atoms with Gasteiger partial charge in [-0.2, -0.15) is 0 Å². The highest BCUT2D eigenvalue weighted by Crippen LogP contribution is 2.38. The summed E-state index contributed by atoms with van der Waals surface area (Å²) in [5, 5.41) is 3.11. The van der Waals surface area contributed by atoms with Crippen LogP contribution in [0, 0.1) is 0 Å². The van der Waals surface area contributed by atoms with Gasteiger partial charge in [-0.1, -0.05) is 23.2 Å². The van der Waals surface area contributed by atoms with Crippen molar-refractivity contribution in [1.29, 1.82) is 0 Å². The molecule has 0 spiro atoms. The van der Waals surface area contributed by atoms with E-state index in [1.807, 2.05) is 0 Å². The number of aryl methyl sites for hydroxylation is 1. The van der Waals surface area contributed by atoms with E-state index >= 15 is 0 Å². The third kappa shape index (κ3) is 3.27. The number of anilines is 1. The number of fused-ring (bicyclic) bond motifs is 1. The minimum atomic E-state index is -1.16. The molecular weight excluding hydrogens is 321 g/mol. The van der Waals surface area contributed by atoms with Gasteiger partial charge >= 0.3 is 5.97 Å². The summed E-state index contributed by atoms with van der Waals surface area (Å²) in [5.41, 5.74) is 1.46. The molecule has 1 aliphatic rings. The minimum absolute atomic E-state index is 0.296. The van der Waals surface area contributed by atoms with Crippen molar-refractivity contribution in [1.82, 2.24) is 0 Å². The summed E-state index contributed by atoms with van der Waals surface area (Å²) >= 11 is 12.5. The fourth-order valence-electron chi connectivity index (χ4n) is 2.24. The number of carbonyl (C=O) groups excluding carboxylic acids is 2. The Hall–Kier alpha value is -0.780. The van der Waals surface area contributed by atoms with Crippen LogP contribution in [0.15, 0.2) is 0 Å². The highest BCUT2D eigenvalue weighted by atomic mass is 35.5. The molecule has 0 radical (unpaired) electrons. The number of carbonyl (C=O) groups is 2. The van der Waals surface area contributed by atoms with E-state index in [0.29, 0.717) is 17.2 Å². The number of halogens is 2. The third-order valence-corrected chi connectivity index (χ3v) is 4.69. The Balaban J connectivity index is 2.36. The number of hydrogen-bond acceptors (Lipinski definition) is 4. The standard InChI is InChI=1S/C13H15Cl2NO3S/c1-2-19-13(18)9-7-5-3-4-6-8(7)20-12(9)16-11(17)10(14)15/h10H,2-6H2,1H3,(H,16,17). The molecule has 1 heterocycles. The number of hydrogen-bond donors (Lipinski definition) is 1. The topological polar surface area (TPSA) is 55.4 Å². The molecule has 4 nitrogen and oxygen atoms in total. The summed E-state index contributed by atoms with van der Waals surface area (Å²) in [4.78, 5) is 23.7. The Kier molecular flexibility index (Phi) is 5.29. The van der Waals surface area contributed by atoms with E-state index in [-0.39, 0.29) is 0 Å². The average Bonchev–Trinajstić information content (AvgIpc) is 2.76. The maximum absolute atomic E-state index is 12.1. The van der Waals surface area contributed by atoms with Gasteiger partial charge in [-0.25, -0.2) is 4.79 Å². The number of amides is 1. The zero-order valence-corrected chi connectivity index (χ0v) is 13.3. The summed E-state index contributed by atoms with van der Waals surface area (Å²) in [5.74, 6) is -0.930. The van der Waals surface area contributed by atoms with Crippen LogP contribution in [0.2, 0.25) is 0 Å². The first kappa shape index (κ1) is 15.6. The highest BCUT2D eigenvalue weighted by Gasteiger charge is 2.27. The molecule has 7 heteroatoms. The molecule has 0 saturated carbocycles. The van der Waals surface area contributed by atoms with Crippen molar-refractivity contribution in [2.45, 2.75) is 37.4 Å². The molecule has 110 valence electrons. The second kappa shape index (κ2) is 6.78. The number of ether oxygens (including phenoxy) is 1. The summed E-state index contributed by atoms with van der Waals surface area (Å²) in [7, 11) is 0. The van der Waals surface area contributed by atoms with Crippen LogP contribution >= 0.6 is 34.5 Å². The molecule has 0 unspecified atom stereocenters. The molecule has 0 aromatic carbocycles. The minimum Gasteiger partial charge on any atom is -0.462 e. The Morgan fingerprint density at radius 2 is 2.05 bits per heavy atom. The predicted molar refractivity (Wildman–Crippen MR) is 81.0 cm³/mol. The smallest absolute Gasteiger partial charge is 0.341 e. The number of nitrogens with one attached hydrogen (secondary N) is 1. The normalized spacial score (nSPS) is 14.0. The van der Waals surface area contributed by atoms with Crippen molar-refractivity contribution in [3.05, 3.63) is 16.0 Å². The molecule has 1 aliphatic carbocycles. The molecule has 2 rings (SSSR count). The number of esters is 1. The van der Waals surface area contributed by atoms with Crippen LogP contribution in [0.25, 0.3) is 0 Å². The fraction of sp³-hybridized carbons (Fsp3) is 0.538. The molecule has 20 heavy (non-hydrogen) atoms. The van der Waals surface area contributed by atoms with Gasteiger partial charge in [-0.05, 0) is 38.2 Å². The van der Waals surface area contributed by atoms with Gasteiger partial charge in [-0.3, -0.25) is 4.79 Å². The van der Waals surface area contributed by atoms with Gasteiger partial charge in [0.05, 0.1) is 12.2 Å². The zero-order chi connectivity index (χ0) is 14.7. The summed E-state index contributed by atoms with van der Waals surface area (Å²) in [6.45, 7) is 2.05. The van der Waals surface area contributed by atoms with E-state index in [1.54, 1.807) is 6.92 Å². The number of thiophene rings is 1. The van der Waals surface area contributed by atoms with E-state index in [1.165, 1.54) is 11.3 Å². The average molecular weight is 336 g/mol. The summed E-state index contributed by atoms with van der Waals surface area (Å²) < 4.78 is 5.09. The highest BCUT2D eigenvalue weighted by molar-refractivity contribution is 7.17. The van der Waals surface area contributed by atoms with Crippen LogP contribution in [-0.2, 0) is 22.4 Å². The largest absolute Gasteiger partial charge is 0.462 e. The molecule has 0 bridgehead atoms. The van der Waals surface area contributed by atoms with Crippen LogP contribution in [0.5, 0.6) is 0 Å². The number of rotatable bonds is 4. The summed E-state index contributed by atoms with van der Waals surface area (Å²) in [6, 6.07) is 0. The molecule has 1 N–H and O–H groups in total. The third-order valence-electron chi connectivity index (χ3n) is 3.09. The van der Waals surface area contributed by atoms with Gasteiger partial charge in [0.25, 0.3) is 5.91 Å². The van der Waals surface area contributed by atoms with E-state index in [4.69, 9.17) is 27.9 Å². The predicted octanol–water partition coefficient (Wildman–Crippen LogP) is 3.55. The molecule has 0 fully saturated rings. The van der Waals surface area contributed by atoms with Crippen LogP contribution in [0.1, 0.15) is 40.6 Å². The van der Waals surface area contributed by atoms with Gasteiger partial charge in [0, 0.05) is 4.88 Å². The van der Waals surface area contributed by atoms with Gasteiger partial charge in [0.2, 0.25) is 0 Å². The number of alkyl halides is 2. The van der Waals surface area contributed by atoms with Crippen molar-refractivity contribution < 1.29 is 14.3 Å². The molecule has 0 atom stereocenters. The first-order valence-corrected chi connectivity index (χ1v) is 8.14. The van der Waals surface area contributed by atoms with E-state index in [0.717, 1.165) is 36.1 Å². The lowest BCUT2D eigenvalue weighted by Crippen LogP contribution is -2.20. The quantitative estimate of drug-likeness (QED) is 0.676. The van der Waals surface area contributed by atoms with Crippen LogP contribution < -0.4 is 5.32 Å². The Bertz CT molecular complexity index is 528.